The van der Waals surface area contributed by atoms with Crippen LogP contribution in [0.15, 0.2) is 30.3 Å². The molecule has 130 valence electrons. The molecule has 0 spiro atoms. The average molecular weight is 338 g/mol. The summed E-state index contributed by atoms with van der Waals surface area (Å²) in [5.74, 6) is 1.36. The Morgan fingerprint density at radius 1 is 1.20 bits per heavy atom. The first-order chi connectivity index (χ1) is 12.1. The van der Waals surface area contributed by atoms with Gasteiger partial charge in [0.1, 0.15) is 17.3 Å². The van der Waals surface area contributed by atoms with Crippen molar-refractivity contribution in [3.8, 4) is 0 Å². The van der Waals surface area contributed by atoms with Crippen LogP contribution >= 0.6 is 0 Å². The Bertz CT molecular complexity index is 802. The second-order valence-corrected chi connectivity index (χ2v) is 6.62. The van der Waals surface area contributed by atoms with Crippen LogP contribution in [0.3, 0.4) is 0 Å². The first-order valence-electron chi connectivity index (χ1n) is 8.73. The summed E-state index contributed by atoms with van der Waals surface area (Å²) < 4.78 is 5.33. The molecule has 0 aliphatic carbocycles. The minimum Gasteiger partial charge on any atom is -0.378 e. The molecule has 1 aromatic heterocycles. The predicted octanol–water partition coefficient (Wildman–Crippen LogP) is 2.34. The van der Waals surface area contributed by atoms with Crippen LogP contribution in [0.2, 0.25) is 0 Å². The van der Waals surface area contributed by atoms with Gasteiger partial charge >= 0.3 is 0 Å². The lowest BCUT2D eigenvalue weighted by atomic mass is 10.1. The number of carbonyl (C=O) groups is 1. The Balaban J connectivity index is 1.69. The standard InChI is InChI=1S/C19H22N4O2/c1-13-11-15-5-3-4-6-17(15)23(13)18-12-16(20-14(2)21-18)19(24)22-7-9-25-10-8-22/h3-6,12-13H,7-11H2,1-2H3. The van der Waals surface area contributed by atoms with Crippen molar-refractivity contribution in [2.45, 2.75) is 26.3 Å². The number of para-hydroxylation sites is 1. The molecule has 0 radical (unpaired) electrons. The van der Waals surface area contributed by atoms with E-state index in [1.165, 1.54) is 5.56 Å². The van der Waals surface area contributed by atoms with E-state index >= 15 is 0 Å². The normalized spacial score (nSPS) is 19.8. The molecule has 2 aromatic rings. The molecule has 25 heavy (non-hydrogen) atoms. The first kappa shape index (κ1) is 16.0. The lowest BCUT2D eigenvalue weighted by molar-refractivity contribution is 0.0299. The topological polar surface area (TPSA) is 58.6 Å². The number of benzene rings is 1. The summed E-state index contributed by atoms with van der Waals surface area (Å²) >= 11 is 0. The van der Waals surface area contributed by atoms with Gasteiger partial charge in [0.15, 0.2) is 0 Å². The van der Waals surface area contributed by atoms with Gasteiger partial charge in [0.25, 0.3) is 5.91 Å². The summed E-state index contributed by atoms with van der Waals surface area (Å²) in [6.07, 6.45) is 0.978. The molecule has 2 aliphatic rings. The zero-order chi connectivity index (χ0) is 17.4. The third kappa shape index (κ3) is 2.98. The highest BCUT2D eigenvalue weighted by atomic mass is 16.5. The van der Waals surface area contributed by atoms with E-state index < -0.39 is 0 Å². The van der Waals surface area contributed by atoms with Crippen molar-refractivity contribution in [2.75, 3.05) is 31.2 Å². The maximum Gasteiger partial charge on any atom is 0.272 e. The number of hydrogen-bond acceptors (Lipinski definition) is 5. The van der Waals surface area contributed by atoms with Crippen LogP contribution in [0, 0.1) is 6.92 Å². The molecule has 0 bridgehead atoms. The average Bonchev–Trinajstić information content (AvgIpc) is 2.97. The molecular weight excluding hydrogens is 316 g/mol. The summed E-state index contributed by atoms with van der Waals surface area (Å²) in [5, 5.41) is 0. The molecule has 0 saturated carbocycles. The van der Waals surface area contributed by atoms with E-state index in [-0.39, 0.29) is 5.91 Å². The molecule has 1 unspecified atom stereocenters. The zero-order valence-electron chi connectivity index (χ0n) is 14.6. The zero-order valence-corrected chi connectivity index (χ0v) is 14.6. The van der Waals surface area contributed by atoms with Crippen molar-refractivity contribution in [2.24, 2.45) is 0 Å². The largest absolute Gasteiger partial charge is 0.378 e. The van der Waals surface area contributed by atoms with Gasteiger partial charge in [-0.05, 0) is 31.9 Å². The van der Waals surface area contributed by atoms with E-state index in [1.54, 1.807) is 4.90 Å². The lowest BCUT2D eigenvalue weighted by Gasteiger charge is -2.28. The van der Waals surface area contributed by atoms with E-state index in [9.17, 15) is 4.79 Å². The summed E-state index contributed by atoms with van der Waals surface area (Å²) in [6.45, 7) is 6.41. The highest BCUT2D eigenvalue weighted by Crippen LogP contribution is 2.37. The predicted molar refractivity (Wildman–Crippen MR) is 95.2 cm³/mol. The Labute approximate surface area is 147 Å². The monoisotopic (exact) mass is 338 g/mol. The van der Waals surface area contributed by atoms with Gasteiger partial charge in [-0.15, -0.1) is 0 Å². The number of fused-ring (bicyclic) bond motifs is 1. The van der Waals surface area contributed by atoms with Crippen LogP contribution in [0.4, 0.5) is 11.5 Å². The molecule has 3 heterocycles. The van der Waals surface area contributed by atoms with Crippen molar-refractivity contribution in [3.63, 3.8) is 0 Å². The number of morpholine rings is 1. The summed E-state index contributed by atoms with van der Waals surface area (Å²) in [6, 6.07) is 10.5. The van der Waals surface area contributed by atoms with Crippen molar-refractivity contribution in [1.29, 1.82) is 0 Å². The molecule has 4 rings (SSSR count). The number of aryl methyl sites for hydroxylation is 1. The van der Waals surface area contributed by atoms with Gasteiger partial charge < -0.3 is 14.5 Å². The number of aromatic nitrogens is 2. The maximum atomic E-state index is 12.8. The number of nitrogens with zero attached hydrogens (tertiary/aromatic N) is 4. The van der Waals surface area contributed by atoms with Gasteiger partial charge in [-0.3, -0.25) is 4.79 Å². The number of carbonyl (C=O) groups excluding carboxylic acids is 1. The molecule has 6 nitrogen and oxygen atoms in total. The highest BCUT2D eigenvalue weighted by Gasteiger charge is 2.29. The molecule has 0 N–H and O–H groups in total. The minimum atomic E-state index is -0.0461. The van der Waals surface area contributed by atoms with Gasteiger partial charge in [-0.25, -0.2) is 9.97 Å². The van der Waals surface area contributed by atoms with E-state index in [4.69, 9.17) is 4.74 Å². The molecule has 1 amide bonds. The maximum absolute atomic E-state index is 12.8. The molecule has 1 aromatic carbocycles. The third-order valence-electron chi connectivity index (χ3n) is 4.80. The minimum absolute atomic E-state index is 0.0461. The van der Waals surface area contributed by atoms with Gasteiger partial charge in [0.05, 0.1) is 13.2 Å². The van der Waals surface area contributed by atoms with E-state index in [0.29, 0.717) is 43.9 Å². The van der Waals surface area contributed by atoms with E-state index in [2.05, 4.69) is 40.0 Å². The Morgan fingerprint density at radius 2 is 1.96 bits per heavy atom. The fraction of sp³-hybridized carbons (Fsp3) is 0.421. The summed E-state index contributed by atoms with van der Waals surface area (Å²) in [5.41, 5.74) is 2.94. The van der Waals surface area contributed by atoms with Crippen LogP contribution in [0.25, 0.3) is 0 Å². The van der Waals surface area contributed by atoms with Gasteiger partial charge in [0.2, 0.25) is 0 Å². The second kappa shape index (κ2) is 6.44. The quantitative estimate of drug-likeness (QED) is 0.841. The molecule has 1 saturated heterocycles. The molecule has 6 heteroatoms. The molecule has 2 aliphatic heterocycles. The number of rotatable bonds is 2. The van der Waals surface area contributed by atoms with Crippen LogP contribution < -0.4 is 4.90 Å². The van der Waals surface area contributed by atoms with Crippen molar-refractivity contribution in [3.05, 3.63) is 47.4 Å². The lowest BCUT2D eigenvalue weighted by Crippen LogP contribution is -2.41. The number of hydrogen-bond donors (Lipinski definition) is 0. The Hall–Kier alpha value is -2.47. The molecule has 1 fully saturated rings. The van der Waals surface area contributed by atoms with Crippen molar-refractivity contribution < 1.29 is 9.53 Å². The van der Waals surface area contributed by atoms with Gasteiger partial charge in [-0.1, -0.05) is 18.2 Å². The smallest absolute Gasteiger partial charge is 0.272 e. The summed E-state index contributed by atoms with van der Waals surface area (Å²) in [4.78, 5) is 25.8. The SMILES string of the molecule is Cc1nc(C(=O)N2CCOCC2)cc(N2c3ccccc3CC2C)n1. The molecule has 1 atom stereocenters. The highest BCUT2D eigenvalue weighted by molar-refractivity contribution is 5.93. The fourth-order valence-electron chi connectivity index (χ4n) is 3.63. The first-order valence-corrected chi connectivity index (χ1v) is 8.73. The molecular formula is C19H22N4O2. The Kier molecular flexibility index (Phi) is 4.13. The second-order valence-electron chi connectivity index (χ2n) is 6.62. The fourth-order valence-corrected chi connectivity index (χ4v) is 3.63. The van der Waals surface area contributed by atoms with Gasteiger partial charge in [-0.2, -0.15) is 0 Å². The third-order valence-corrected chi connectivity index (χ3v) is 4.80. The van der Waals surface area contributed by atoms with Crippen LogP contribution in [-0.2, 0) is 11.2 Å². The van der Waals surface area contributed by atoms with Crippen LogP contribution in [0.5, 0.6) is 0 Å². The van der Waals surface area contributed by atoms with Gasteiger partial charge in [0, 0.05) is 30.9 Å². The van der Waals surface area contributed by atoms with Crippen LogP contribution in [0.1, 0.15) is 28.8 Å². The van der Waals surface area contributed by atoms with Crippen molar-refractivity contribution in [1.82, 2.24) is 14.9 Å². The summed E-state index contributed by atoms with van der Waals surface area (Å²) in [7, 11) is 0. The van der Waals surface area contributed by atoms with Crippen molar-refractivity contribution >= 4 is 17.4 Å². The van der Waals surface area contributed by atoms with Crippen LogP contribution in [-0.4, -0.2) is 53.1 Å². The number of anilines is 2. The Morgan fingerprint density at radius 3 is 2.76 bits per heavy atom. The number of ether oxygens (including phenoxy) is 1. The van der Waals surface area contributed by atoms with E-state index in [1.807, 2.05) is 19.1 Å². The van der Waals surface area contributed by atoms with E-state index in [0.717, 1.165) is 17.9 Å². The number of amides is 1.